The third-order valence-corrected chi connectivity index (χ3v) is 2.96. The molecule has 0 aromatic carbocycles. The highest BCUT2D eigenvalue weighted by Crippen LogP contribution is 2.23. The number of ether oxygens (including phenoxy) is 3. The lowest BCUT2D eigenvalue weighted by Crippen LogP contribution is -2.29. The van der Waals surface area contributed by atoms with Crippen LogP contribution in [0.25, 0.3) is 0 Å². The number of nitrogens with zero attached hydrogens (tertiary/aromatic N) is 3. The predicted molar refractivity (Wildman–Crippen MR) is 95.1 cm³/mol. The summed E-state index contributed by atoms with van der Waals surface area (Å²) >= 11 is 0. The van der Waals surface area contributed by atoms with Crippen molar-refractivity contribution >= 4 is 17.9 Å². The van der Waals surface area contributed by atoms with Gasteiger partial charge in [-0.1, -0.05) is 0 Å². The topological polar surface area (TPSA) is 118 Å². The highest BCUT2D eigenvalue weighted by molar-refractivity contribution is 5.79. The number of carbonyl (C=O) groups is 3. The molecular weight excluding hydrogens is 354 g/mol. The maximum absolute atomic E-state index is 12.1. The smallest absolute Gasteiger partial charge is 0.333 e. The van der Waals surface area contributed by atoms with Crippen molar-refractivity contribution in [1.29, 1.82) is 0 Å². The van der Waals surface area contributed by atoms with Crippen LogP contribution in [-0.4, -0.2) is 32.9 Å². The van der Waals surface area contributed by atoms with Crippen LogP contribution in [0.2, 0.25) is 0 Å². The fourth-order valence-corrected chi connectivity index (χ4v) is 1.17. The number of hydrogen-bond acceptors (Lipinski definition) is 9. The summed E-state index contributed by atoms with van der Waals surface area (Å²) in [4.78, 5) is 47.7. The van der Waals surface area contributed by atoms with Crippen LogP contribution in [0.3, 0.4) is 0 Å². The van der Waals surface area contributed by atoms with Crippen molar-refractivity contribution in [2.24, 2.45) is 16.2 Å². The molecule has 0 atom stereocenters. The molecule has 9 nitrogen and oxygen atoms in total. The molecule has 1 rings (SSSR count). The molecule has 0 unspecified atom stereocenters. The van der Waals surface area contributed by atoms with Gasteiger partial charge in [0, 0.05) is 0 Å². The Bertz CT molecular complexity index is 627. The summed E-state index contributed by atoms with van der Waals surface area (Å²) in [6.45, 7) is 14.9. The zero-order chi connectivity index (χ0) is 21.2. The monoisotopic (exact) mass is 381 g/mol. The van der Waals surface area contributed by atoms with Crippen molar-refractivity contribution in [3.05, 3.63) is 0 Å². The molecule has 0 N–H and O–H groups in total. The number of carbonyl (C=O) groups excluding carboxylic acids is 3. The molecule has 0 aliphatic carbocycles. The van der Waals surface area contributed by atoms with E-state index in [2.05, 4.69) is 15.0 Å². The Morgan fingerprint density at radius 3 is 0.852 bits per heavy atom. The first-order valence-corrected chi connectivity index (χ1v) is 8.43. The van der Waals surface area contributed by atoms with Crippen molar-refractivity contribution in [3.8, 4) is 18.0 Å². The number of aromatic nitrogens is 3. The normalized spacial score (nSPS) is 12.3. The fourth-order valence-electron chi connectivity index (χ4n) is 1.17. The molecule has 0 amide bonds. The molecule has 9 heteroatoms. The summed E-state index contributed by atoms with van der Waals surface area (Å²) in [5.74, 6) is -1.85. The van der Waals surface area contributed by atoms with Gasteiger partial charge in [-0.2, -0.15) is 0 Å². The maximum Gasteiger partial charge on any atom is 0.333 e. The number of rotatable bonds is 3. The highest BCUT2D eigenvalue weighted by atomic mass is 16.6. The van der Waals surface area contributed by atoms with E-state index in [1.807, 2.05) is 0 Å². The van der Waals surface area contributed by atoms with E-state index in [1.54, 1.807) is 62.3 Å². The third-order valence-electron chi connectivity index (χ3n) is 2.96. The van der Waals surface area contributed by atoms with Crippen molar-refractivity contribution in [2.45, 2.75) is 62.3 Å². The van der Waals surface area contributed by atoms with Crippen LogP contribution in [0.5, 0.6) is 18.0 Å². The van der Waals surface area contributed by atoms with E-state index in [-0.39, 0.29) is 0 Å². The van der Waals surface area contributed by atoms with E-state index < -0.39 is 52.2 Å². The molecule has 1 heterocycles. The minimum atomic E-state index is -0.822. The van der Waals surface area contributed by atoms with Gasteiger partial charge in [0.25, 0.3) is 0 Å². The maximum atomic E-state index is 12.1. The molecule has 0 radical (unpaired) electrons. The lowest BCUT2D eigenvalue weighted by Gasteiger charge is -2.18. The fraction of sp³-hybridized carbons (Fsp3) is 0.667. The minimum absolute atomic E-state index is 0.432. The Kier molecular flexibility index (Phi) is 6.30. The third kappa shape index (κ3) is 6.92. The Morgan fingerprint density at radius 2 is 0.704 bits per heavy atom. The lowest BCUT2D eigenvalue weighted by atomic mass is 9.98. The molecule has 0 aliphatic rings. The summed E-state index contributed by atoms with van der Waals surface area (Å²) in [6, 6.07) is -1.30. The molecule has 0 aliphatic heterocycles. The summed E-state index contributed by atoms with van der Waals surface area (Å²) in [7, 11) is 0. The molecule has 0 spiro atoms. The minimum Gasteiger partial charge on any atom is -0.390 e. The molecule has 27 heavy (non-hydrogen) atoms. The van der Waals surface area contributed by atoms with Gasteiger partial charge in [0.15, 0.2) is 0 Å². The second-order valence-electron chi connectivity index (χ2n) is 9.10. The van der Waals surface area contributed by atoms with Gasteiger partial charge in [-0.3, -0.25) is 14.4 Å². The molecule has 0 saturated carbocycles. The van der Waals surface area contributed by atoms with Crippen LogP contribution >= 0.6 is 0 Å². The van der Waals surface area contributed by atoms with Crippen LogP contribution in [0.15, 0.2) is 0 Å². The van der Waals surface area contributed by atoms with Crippen LogP contribution in [0.4, 0.5) is 0 Å². The molecule has 0 bridgehead atoms. The van der Waals surface area contributed by atoms with E-state index in [1.165, 1.54) is 0 Å². The first-order chi connectivity index (χ1) is 12.0. The van der Waals surface area contributed by atoms with Crippen LogP contribution in [0, 0.1) is 16.2 Å². The summed E-state index contributed by atoms with van der Waals surface area (Å²) < 4.78 is 15.3. The second-order valence-corrected chi connectivity index (χ2v) is 9.10. The van der Waals surface area contributed by atoms with Gasteiger partial charge in [0.05, 0.1) is 16.2 Å². The molecule has 0 saturated heterocycles. The second kappa shape index (κ2) is 7.58. The quantitative estimate of drug-likeness (QED) is 0.728. The molecule has 1 aromatic heterocycles. The van der Waals surface area contributed by atoms with Gasteiger partial charge >= 0.3 is 35.9 Å². The highest BCUT2D eigenvalue weighted by Gasteiger charge is 2.30. The SMILES string of the molecule is CC(C)(C)C(=O)Oc1nc(OC(=O)C(C)(C)C)nc(OC(=O)C(C)(C)C)n1. The van der Waals surface area contributed by atoms with Gasteiger partial charge in [0.2, 0.25) is 0 Å². The van der Waals surface area contributed by atoms with Crippen molar-refractivity contribution in [2.75, 3.05) is 0 Å². The van der Waals surface area contributed by atoms with Gasteiger partial charge in [0.1, 0.15) is 0 Å². The zero-order valence-corrected chi connectivity index (χ0v) is 17.3. The Hall–Kier alpha value is -2.58. The average Bonchev–Trinajstić information content (AvgIpc) is 2.43. The Morgan fingerprint density at radius 1 is 0.519 bits per heavy atom. The van der Waals surface area contributed by atoms with Gasteiger partial charge in [-0.25, -0.2) is 0 Å². The van der Waals surface area contributed by atoms with E-state index in [0.717, 1.165) is 0 Å². The first-order valence-electron chi connectivity index (χ1n) is 8.43. The molecular formula is C18H27N3O6. The van der Waals surface area contributed by atoms with Gasteiger partial charge in [-0.05, 0) is 62.3 Å². The molecule has 1 aromatic rings. The van der Waals surface area contributed by atoms with Crippen molar-refractivity contribution < 1.29 is 28.6 Å². The van der Waals surface area contributed by atoms with Crippen LogP contribution in [-0.2, 0) is 14.4 Å². The molecule has 150 valence electrons. The van der Waals surface area contributed by atoms with Crippen LogP contribution < -0.4 is 14.2 Å². The largest absolute Gasteiger partial charge is 0.390 e. The average molecular weight is 381 g/mol. The summed E-state index contributed by atoms with van der Waals surface area (Å²) in [5.41, 5.74) is -2.47. The standard InChI is InChI=1S/C18H27N3O6/c1-16(2,3)10(22)25-13-19-14(26-11(23)17(4,5)6)21-15(20-13)27-12(24)18(7,8)9/h1-9H3. The van der Waals surface area contributed by atoms with Crippen LogP contribution in [0.1, 0.15) is 62.3 Å². The number of hydrogen-bond donors (Lipinski definition) is 0. The first kappa shape index (κ1) is 22.5. The van der Waals surface area contributed by atoms with E-state index in [0.29, 0.717) is 0 Å². The van der Waals surface area contributed by atoms with E-state index in [9.17, 15) is 14.4 Å². The van der Waals surface area contributed by atoms with Gasteiger partial charge in [-0.15, -0.1) is 15.0 Å². The number of esters is 3. The Balaban J connectivity index is 3.24. The van der Waals surface area contributed by atoms with Gasteiger partial charge < -0.3 is 14.2 Å². The lowest BCUT2D eigenvalue weighted by molar-refractivity contribution is -0.143. The Labute approximate surface area is 158 Å². The molecule has 0 fully saturated rings. The van der Waals surface area contributed by atoms with E-state index in [4.69, 9.17) is 14.2 Å². The summed E-state index contributed by atoms with van der Waals surface area (Å²) in [6.07, 6.45) is 0. The van der Waals surface area contributed by atoms with E-state index >= 15 is 0 Å². The van der Waals surface area contributed by atoms with Crippen molar-refractivity contribution in [1.82, 2.24) is 15.0 Å². The predicted octanol–water partition coefficient (Wildman–Crippen LogP) is 2.73. The van der Waals surface area contributed by atoms with Crippen molar-refractivity contribution in [3.63, 3.8) is 0 Å². The zero-order valence-electron chi connectivity index (χ0n) is 17.3. The summed E-state index contributed by atoms with van der Waals surface area (Å²) in [5, 5.41) is 0.